The summed E-state index contributed by atoms with van der Waals surface area (Å²) in [5, 5.41) is 0. The van der Waals surface area contributed by atoms with Crippen molar-refractivity contribution >= 4 is 21.4 Å². The van der Waals surface area contributed by atoms with E-state index < -0.39 is 15.8 Å². The van der Waals surface area contributed by atoms with Gasteiger partial charge in [-0.3, -0.25) is 4.72 Å². The van der Waals surface area contributed by atoms with Gasteiger partial charge in [0, 0.05) is 0 Å². The summed E-state index contributed by atoms with van der Waals surface area (Å²) in [6.45, 7) is 0. The molecule has 0 aromatic heterocycles. The first-order valence-electron chi connectivity index (χ1n) is 5.56. The van der Waals surface area contributed by atoms with E-state index in [1.54, 1.807) is 30.3 Å². The number of para-hydroxylation sites is 1. The molecule has 0 aliphatic carbocycles. The molecule has 0 unspecified atom stereocenters. The molecule has 0 spiro atoms. The zero-order chi connectivity index (χ0) is 13.9. The molecule has 0 aliphatic heterocycles. The van der Waals surface area contributed by atoms with Crippen LogP contribution in [0.25, 0.3) is 0 Å². The molecule has 4 nitrogen and oxygen atoms in total. The van der Waals surface area contributed by atoms with Crippen molar-refractivity contribution < 1.29 is 12.8 Å². The van der Waals surface area contributed by atoms with Gasteiger partial charge in [-0.2, -0.15) is 0 Å². The summed E-state index contributed by atoms with van der Waals surface area (Å²) < 4.78 is 39.6. The predicted octanol–water partition coefficient (Wildman–Crippen LogP) is 2.35. The molecule has 0 atom stereocenters. The molecule has 3 N–H and O–H groups in total. The highest BCUT2D eigenvalue weighted by molar-refractivity contribution is 7.91. The van der Waals surface area contributed by atoms with Crippen molar-refractivity contribution in [3.8, 4) is 0 Å². The lowest BCUT2D eigenvalue weighted by Gasteiger charge is -2.11. The summed E-state index contributed by atoms with van der Waals surface area (Å²) in [4.78, 5) is 0. The van der Waals surface area contributed by atoms with Crippen molar-refractivity contribution in [1.82, 2.24) is 0 Å². The van der Waals surface area contributed by atoms with Crippen molar-refractivity contribution in [2.75, 3.05) is 10.5 Å². The molecule has 0 bridgehead atoms. The molecule has 6 heteroatoms. The Labute approximate surface area is 111 Å². The standard InChI is InChI=1S/C13H13FN2O2S/c14-11-7-4-8-12(15)13(11)16-19(17,18)9-10-5-2-1-3-6-10/h1-8,16H,9,15H2. The van der Waals surface area contributed by atoms with Gasteiger partial charge in [-0.15, -0.1) is 0 Å². The number of anilines is 2. The summed E-state index contributed by atoms with van der Waals surface area (Å²) in [6, 6.07) is 12.6. The van der Waals surface area contributed by atoms with Crippen molar-refractivity contribution in [1.29, 1.82) is 0 Å². The number of nitrogens with one attached hydrogen (secondary N) is 1. The van der Waals surface area contributed by atoms with Crippen LogP contribution in [0.15, 0.2) is 48.5 Å². The van der Waals surface area contributed by atoms with Gasteiger partial charge in [-0.05, 0) is 17.7 Å². The molecule has 19 heavy (non-hydrogen) atoms. The number of rotatable bonds is 4. The summed E-state index contributed by atoms with van der Waals surface area (Å²) in [5.41, 5.74) is 6.01. The van der Waals surface area contributed by atoms with E-state index in [1.165, 1.54) is 12.1 Å². The molecule has 0 fully saturated rings. The van der Waals surface area contributed by atoms with Gasteiger partial charge in [0.1, 0.15) is 11.5 Å². The number of halogens is 1. The zero-order valence-electron chi connectivity index (χ0n) is 10.0. The Balaban J connectivity index is 2.23. The molecule has 0 saturated heterocycles. The monoisotopic (exact) mass is 280 g/mol. The zero-order valence-corrected chi connectivity index (χ0v) is 10.8. The lowest BCUT2D eigenvalue weighted by atomic mass is 10.2. The van der Waals surface area contributed by atoms with Crippen LogP contribution in [0.3, 0.4) is 0 Å². The Morgan fingerprint density at radius 2 is 1.74 bits per heavy atom. The topological polar surface area (TPSA) is 72.2 Å². The maximum absolute atomic E-state index is 13.5. The van der Waals surface area contributed by atoms with Gasteiger partial charge in [0.05, 0.1) is 11.4 Å². The van der Waals surface area contributed by atoms with E-state index in [0.29, 0.717) is 5.56 Å². The van der Waals surface area contributed by atoms with Crippen LogP contribution in [0.2, 0.25) is 0 Å². The molecule has 2 aromatic rings. The Hall–Kier alpha value is -2.08. The highest BCUT2D eigenvalue weighted by Gasteiger charge is 2.15. The van der Waals surface area contributed by atoms with Gasteiger partial charge in [-0.1, -0.05) is 36.4 Å². The van der Waals surface area contributed by atoms with Crippen LogP contribution in [-0.4, -0.2) is 8.42 Å². The lowest BCUT2D eigenvalue weighted by molar-refractivity contribution is 0.598. The van der Waals surface area contributed by atoms with Gasteiger partial charge in [-0.25, -0.2) is 12.8 Å². The normalized spacial score (nSPS) is 11.2. The fourth-order valence-corrected chi connectivity index (χ4v) is 2.86. The van der Waals surface area contributed by atoms with Crippen molar-refractivity contribution in [3.05, 3.63) is 59.9 Å². The smallest absolute Gasteiger partial charge is 0.237 e. The van der Waals surface area contributed by atoms with Gasteiger partial charge in [0.25, 0.3) is 0 Å². The van der Waals surface area contributed by atoms with E-state index in [4.69, 9.17) is 5.73 Å². The Morgan fingerprint density at radius 1 is 1.05 bits per heavy atom. The highest BCUT2D eigenvalue weighted by atomic mass is 32.2. The quantitative estimate of drug-likeness (QED) is 0.844. The number of hydrogen-bond donors (Lipinski definition) is 2. The van der Waals surface area contributed by atoms with E-state index in [0.717, 1.165) is 6.07 Å². The van der Waals surface area contributed by atoms with Gasteiger partial charge in [0.15, 0.2) is 0 Å². The van der Waals surface area contributed by atoms with Crippen molar-refractivity contribution in [2.24, 2.45) is 0 Å². The fraction of sp³-hybridized carbons (Fsp3) is 0.0769. The van der Waals surface area contributed by atoms with Crippen molar-refractivity contribution in [2.45, 2.75) is 5.75 Å². The van der Waals surface area contributed by atoms with Crippen LogP contribution >= 0.6 is 0 Å². The first kappa shape index (κ1) is 13.4. The molecule has 0 heterocycles. The first-order valence-corrected chi connectivity index (χ1v) is 7.21. The molecule has 2 rings (SSSR count). The van der Waals surface area contributed by atoms with E-state index in [2.05, 4.69) is 4.72 Å². The van der Waals surface area contributed by atoms with Crippen molar-refractivity contribution in [3.63, 3.8) is 0 Å². The predicted molar refractivity (Wildman–Crippen MR) is 73.5 cm³/mol. The number of hydrogen-bond acceptors (Lipinski definition) is 3. The minimum Gasteiger partial charge on any atom is -0.397 e. The van der Waals surface area contributed by atoms with Crippen LogP contribution in [0.5, 0.6) is 0 Å². The minimum absolute atomic E-state index is 0.0524. The van der Waals surface area contributed by atoms with Crippen LogP contribution < -0.4 is 10.5 Å². The summed E-state index contributed by atoms with van der Waals surface area (Å²) in [5.74, 6) is -0.932. The maximum Gasteiger partial charge on any atom is 0.237 e. The average Bonchev–Trinajstić information content (AvgIpc) is 2.35. The number of sulfonamides is 1. The SMILES string of the molecule is Nc1cccc(F)c1NS(=O)(=O)Cc1ccccc1. The first-order chi connectivity index (χ1) is 8.98. The van der Waals surface area contributed by atoms with E-state index in [-0.39, 0.29) is 17.1 Å². The Morgan fingerprint density at radius 3 is 2.37 bits per heavy atom. The van der Waals surface area contributed by atoms with Crippen LogP contribution in [0.4, 0.5) is 15.8 Å². The summed E-state index contributed by atoms with van der Waals surface area (Å²) >= 11 is 0. The Kier molecular flexibility index (Phi) is 3.71. The summed E-state index contributed by atoms with van der Waals surface area (Å²) in [7, 11) is -3.70. The molecule has 0 radical (unpaired) electrons. The molecule has 2 aromatic carbocycles. The second kappa shape index (κ2) is 5.27. The third-order valence-electron chi connectivity index (χ3n) is 2.50. The molecule has 0 aliphatic rings. The molecule has 100 valence electrons. The highest BCUT2D eigenvalue weighted by Crippen LogP contribution is 2.23. The average molecular weight is 280 g/mol. The molecular weight excluding hydrogens is 267 g/mol. The Bertz CT molecular complexity index is 652. The maximum atomic E-state index is 13.5. The van der Waals surface area contributed by atoms with Crippen LogP contribution in [0.1, 0.15) is 5.56 Å². The number of nitrogen functional groups attached to an aromatic ring is 1. The number of nitrogens with two attached hydrogens (primary N) is 1. The number of benzene rings is 2. The van der Waals surface area contributed by atoms with Gasteiger partial charge in [0.2, 0.25) is 10.0 Å². The molecule has 0 amide bonds. The third kappa shape index (κ3) is 3.45. The molecular formula is C13H13FN2O2S. The summed E-state index contributed by atoms with van der Waals surface area (Å²) in [6.07, 6.45) is 0. The van der Waals surface area contributed by atoms with Gasteiger partial charge < -0.3 is 5.73 Å². The van der Waals surface area contributed by atoms with E-state index in [9.17, 15) is 12.8 Å². The fourth-order valence-electron chi connectivity index (χ4n) is 1.63. The molecule has 0 saturated carbocycles. The van der Waals surface area contributed by atoms with E-state index >= 15 is 0 Å². The lowest BCUT2D eigenvalue weighted by Crippen LogP contribution is -2.17. The third-order valence-corrected chi connectivity index (χ3v) is 3.73. The minimum atomic E-state index is -3.70. The van der Waals surface area contributed by atoms with E-state index in [1.807, 2.05) is 0 Å². The largest absolute Gasteiger partial charge is 0.397 e. The van der Waals surface area contributed by atoms with Crippen LogP contribution in [-0.2, 0) is 15.8 Å². The second-order valence-corrected chi connectivity index (χ2v) is 5.77. The van der Waals surface area contributed by atoms with Crippen LogP contribution in [0, 0.1) is 5.82 Å². The second-order valence-electron chi connectivity index (χ2n) is 4.05. The van der Waals surface area contributed by atoms with Gasteiger partial charge >= 0.3 is 0 Å².